The molecule has 1 fully saturated rings. The first-order chi connectivity index (χ1) is 18.1. The van der Waals surface area contributed by atoms with Crippen molar-refractivity contribution in [1.29, 1.82) is 0 Å². The van der Waals surface area contributed by atoms with Gasteiger partial charge in [0.05, 0.1) is 18.8 Å². The van der Waals surface area contributed by atoms with Crippen LogP contribution in [-0.2, 0) is 10.9 Å². The fourth-order valence-corrected chi connectivity index (χ4v) is 4.14. The number of hydrogen-bond donors (Lipinski definition) is 1. The zero-order chi connectivity index (χ0) is 28.3. The Balaban J connectivity index is 0.00000247. The summed E-state index contributed by atoms with van der Waals surface area (Å²) >= 11 is 0. The number of rotatable bonds is 9. The van der Waals surface area contributed by atoms with E-state index in [0.717, 1.165) is 29.4 Å². The summed E-state index contributed by atoms with van der Waals surface area (Å²) in [5.41, 5.74) is 4.36. The standard InChI is InChI=1S/C29H33F3N2O2.C2H6/c1-5-7-23(26-19-25(21(4)33-26)28(35)8-6-2)17-20(3)9-10-22-11-12-24(29(30,31)32)18-27(22)34-13-15-36-16-14-34;1-2/h5,7,9-12,17-19,33H,3,6,8,13-16H2,1-2,4H3;1-2H3/b7-5-,10-9+,23-17+;. The first kappa shape index (κ1) is 30.9. The summed E-state index contributed by atoms with van der Waals surface area (Å²) in [6.07, 6.45) is 6.15. The van der Waals surface area contributed by atoms with Crippen molar-refractivity contribution in [3.8, 4) is 0 Å². The summed E-state index contributed by atoms with van der Waals surface area (Å²) < 4.78 is 45.5. The summed E-state index contributed by atoms with van der Waals surface area (Å²) in [4.78, 5) is 17.6. The van der Waals surface area contributed by atoms with Crippen LogP contribution in [0.2, 0.25) is 0 Å². The van der Waals surface area contributed by atoms with Gasteiger partial charge in [-0.1, -0.05) is 57.7 Å². The second-order valence-corrected chi connectivity index (χ2v) is 8.77. The van der Waals surface area contributed by atoms with Gasteiger partial charge in [0.2, 0.25) is 0 Å². The number of nitrogens with one attached hydrogen (secondary N) is 1. The van der Waals surface area contributed by atoms with Gasteiger partial charge in [-0.15, -0.1) is 0 Å². The maximum atomic E-state index is 13.4. The lowest BCUT2D eigenvalue weighted by Crippen LogP contribution is -2.36. The highest BCUT2D eigenvalue weighted by molar-refractivity contribution is 5.98. The maximum absolute atomic E-state index is 13.4. The third-order valence-electron chi connectivity index (χ3n) is 5.98. The molecular formula is C31H39F3N2O2. The van der Waals surface area contributed by atoms with E-state index in [1.165, 1.54) is 12.1 Å². The topological polar surface area (TPSA) is 45.3 Å². The highest BCUT2D eigenvalue weighted by atomic mass is 19.4. The molecule has 0 unspecified atom stereocenters. The van der Waals surface area contributed by atoms with Gasteiger partial charge < -0.3 is 14.6 Å². The van der Waals surface area contributed by atoms with Gasteiger partial charge >= 0.3 is 6.18 Å². The minimum Gasteiger partial charge on any atom is -0.378 e. The average Bonchev–Trinajstić information content (AvgIpc) is 3.30. The Morgan fingerprint density at radius 1 is 1.16 bits per heavy atom. The molecule has 3 rings (SSSR count). The average molecular weight is 529 g/mol. The molecule has 1 aromatic carbocycles. The van der Waals surface area contributed by atoms with Crippen molar-refractivity contribution in [2.75, 3.05) is 31.2 Å². The molecule has 0 spiro atoms. The van der Waals surface area contributed by atoms with Crippen LogP contribution in [0, 0.1) is 6.92 Å². The number of benzene rings is 1. The molecular weight excluding hydrogens is 489 g/mol. The Bertz CT molecular complexity index is 1180. The van der Waals surface area contributed by atoms with Gasteiger partial charge in [-0.3, -0.25) is 4.79 Å². The molecule has 206 valence electrons. The number of alkyl halides is 3. The number of allylic oxidation sites excluding steroid dienone is 6. The van der Waals surface area contributed by atoms with Crippen molar-refractivity contribution in [3.63, 3.8) is 0 Å². The Morgan fingerprint density at radius 2 is 1.84 bits per heavy atom. The van der Waals surface area contributed by atoms with Gasteiger partial charge in [-0.25, -0.2) is 0 Å². The Labute approximate surface area is 224 Å². The van der Waals surface area contributed by atoms with Gasteiger partial charge in [0.25, 0.3) is 0 Å². The maximum Gasteiger partial charge on any atom is 0.416 e. The molecule has 0 bridgehead atoms. The van der Waals surface area contributed by atoms with Crippen LogP contribution >= 0.6 is 0 Å². The fourth-order valence-electron chi connectivity index (χ4n) is 4.14. The molecule has 0 radical (unpaired) electrons. The van der Waals surface area contributed by atoms with Crippen LogP contribution in [0.5, 0.6) is 0 Å². The van der Waals surface area contributed by atoms with E-state index in [4.69, 9.17) is 4.74 Å². The van der Waals surface area contributed by atoms with Gasteiger partial charge in [0.1, 0.15) is 0 Å². The number of H-pyrrole nitrogens is 1. The van der Waals surface area contributed by atoms with E-state index in [2.05, 4.69) is 11.6 Å². The summed E-state index contributed by atoms with van der Waals surface area (Å²) in [5.74, 6) is 0.106. The van der Waals surface area contributed by atoms with Gasteiger partial charge in [0.15, 0.2) is 5.78 Å². The summed E-state index contributed by atoms with van der Waals surface area (Å²) in [6, 6.07) is 5.66. The molecule has 1 aromatic heterocycles. The number of aromatic nitrogens is 1. The molecule has 0 atom stereocenters. The van der Waals surface area contributed by atoms with Crippen LogP contribution in [-0.4, -0.2) is 37.1 Å². The minimum atomic E-state index is -4.41. The second-order valence-electron chi connectivity index (χ2n) is 8.77. The molecule has 0 aliphatic carbocycles. The molecule has 2 aromatic rings. The number of carbonyl (C=O) groups excluding carboxylic acids is 1. The van der Waals surface area contributed by atoms with Gasteiger partial charge in [-0.2, -0.15) is 13.2 Å². The molecule has 0 saturated carbocycles. The lowest BCUT2D eigenvalue weighted by Gasteiger charge is -2.30. The molecule has 4 nitrogen and oxygen atoms in total. The van der Waals surface area contributed by atoms with Crippen molar-refractivity contribution < 1.29 is 22.7 Å². The molecule has 0 amide bonds. The van der Waals surface area contributed by atoms with Gasteiger partial charge in [-0.05, 0) is 61.3 Å². The molecule has 1 saturated heterocycles. The Hall–Kier alpha value is -3.32. The Morgan fingerprint density at radius 3 is 2.45 bits per heavy atom. The smallest absolute Gasteiger partial charge is 0.378 e. The predicted octanol–water partition coefficient (Wildman–Crippen LogP) is 8.42. The number of nitrogens with zero attached hydrogens (tertiary/aromatic N) is 1. The van der Waals surface area contributed by atoms with Gasteiger partial charge in [0, 0.05) is 42.1 Å². The highest BCUT2D eigenvalue weighted by Crippen LogP contribution is 2.34. The van der Waals surface area contributed by atoms with Crippen molar-refractivity contribution in [2.45, 2.75) is 53.6 Å². The number of carbonyl (C=O) groups is 1. The quantitative estimate of drug-likeness (QED) is 0.262. The van der Waals surface area contributed by atoms with E-state index in [-0.39, 0.29) is 5.78 Å². The van der Waals surface area contributed by atoms with Crippen molar-refractivity contribution >= 4 is 23.1 Å². The Kier molecular flexibility index (Phi) is 11.9. The number of aromatic amines is 1. The fraction of sp³-hybridized carbons (Fsp3) is 0.387. The van der Waals surface area contributed by atoms with Crippen LogP contribution < -0.4 is 4.90 Å². The zero-order valence-corrected chi connectivity index (χ0v) is 23.0. The molecule has 1 N–H and O–H groups in total. The number of ketones is 1. The van der Waals surface area contributed by atoms with E-state index < -0.39 is 11.7 Å². The number of ether oxygens (including phenoxy) is 1. The lowest BCUT2D eigenvalue weighted by atomic mass is 10.0. The summed E-state index contributed by atoms with van der Waals surface area (Å²) in [6.45, 7) is 15.9. The number of aryl methyl sites for hydroxylation is 1. The van der Waals surface area contributed by atoms with Crippen LogP contribution in [0.1, 0.15) is 73.4 Å². The van der Waals surface area contributed by atoms with Crippen LogP contribution in [0.4, 0.5) is 18.9 Å². The predicted molar refractivity (Wildman–Crippen MR) is 152 cm³/mol. The third kappa shape index (κ3) is 8.35. The number of halogens is 3. The number of Topliss-reactive ketones (excluding diaryl/α,β-unsaturated/α-hetero) is 1. The molecule has 1 aliphatic rings. The monoisotopic (exact) mass is 528 g/mol. The van der Waals surface area contributed by atoms with E-state index >= 15 is 0 Å². The summed E-state index contributed by atoms with van der Waals surface area (Å²) in [5, 5.41) is 0. The minimum absolute atomic E-state index is 0.106. The number of anilines is 1. The van der Waals surface area contributed by atoms with E-state index in [1.807, 2.05) is 63.8 Å². The molecule has 7 heteroatoms. The summed E-state index contributed by atoms with van der Waals surface area (Å²) in [7, 11) is 0. The SMILES string of the molecule is C=C(/C=C/c1ccc(C(F)(F)F)cc1N1CCOCC1)/C=C(\C=C/C)c1cc(C(=O)CCC)c(C)[nH]1.CC. The first-order valence-electron chi connectivity index (χ1n) is 13.1. The normalized spacial score (nSPS) is 14.6. The van der Waals surface area contributed by atoms with E-state index in [1.54, 1.807) is 12.2 Å². The lowest BCUT2D eigenvalue weighted by molar-refractivity contribution is -0.137. The molecule has 38 heavy (non-hydrogen) atoms. The molecule has 1 aliphatic heterocycles. The highest BCUT2D eigenvalue weighted by Gasteiger charge is 2.31. The van der Waals surface area contributed by atoms with Crippen LogP contribution in [0.3, 0.4) is 0 Å². The number of hydrogen-bond acceptors (Lipinski definition) is 3. The largest absolute Gasteiger partial charge is 0.416 e. The number of morpholine rings is 1. The zero-order valence-electron chi connectivity index (χ0n) is 23.0. The van der Waals surface area contributed by atoms with Crippen LogP contribution in [0.15, 0.2) is 60.7 Å². The van der Waals surface area contributed by atoms with Crippen molar-refractivity contribution in [1.82, 2.24) is 4.98 Å². The van der Waals surface area contributed by atoms with E-state index in [0.29, 0.717) is 55.1 Å². The van der Waals surface area contributed by atoms with Crippen molar-refractivity contribution in [2.24, 2.45) is 0 Å². The second kappa shape index (κ2) is 14.6. The first-order valence-corrected chi connectivity index (χ1v) is 13.1. The van der Waals surface area contributed by atoms with Crippen LogP contribution in [0.25, 0.3) is 11.6 Å². The van der Waals surface area contributed by atoms with E-state index in [9.17, 15) is 18.0 Å². The van der Waals surface area contributed by atoms with Crippen molar-refractivity contribution in [3.05, 3.63) is 88.8 Å². The molecule has 2 heterocycles. The third-order valence-corrected chi connectivity index (χ3v) is 5.98.